The molecule has 21 heavy (non-hydrogen) atoms. The molecule has 0 radical (unpaired) electrons. The van der Waals surface area contributed by atoms with E-state index in [1.54, 1.807) is 0 Å². The van der Waals surface area contributed by atoms with Gasteiger partial charge in [-0.2, -0.15) is 0 Å². The minimum absolute atomic E-state index is 0.270. The standard InChI is InChI=1S/C18H12N2Se/c1-2-7-14(8-3-1)21-16-12-13-6-4-10-19-17(13)18-15(16)9-5-11-20-18/h1-12H. The Balaban J connectivity index is 1.98. The Hall–Kier alpha value is -2.22. The van der Waals surface area contributed by atoms with Gasteiger partial charge in [0.1, 0.15) is 0 Å². The van der Waals surface area contributed by atoms with E-state index in [1.807, 2.05) is 24.5 Å². The fourth-order valence-electron chi connectivity index (χ4n) is 2.44. The third-order valence-electron chi connectivity index (χ3n) is 3.39. The summed E-state index contributed by atoms with van der Waals surface area (Å²) in [7, 11) is 0. The normalized spacial score (nSPS) is 11.0. The van der Waals surface area contributed by atoms with Crippen LogP contribution < -0.4 is 8.92 Å². The topological polar surface area (TPSA) is 25.8 Å². The van der Waals surface area contributed by atoms with Gasteiger partial charge in [-0.15, -0.1) is 0 Å². The van der Waals surface area contributed by atoms with Gasteiger partial charge in [-0.05, 0) is 0 Å². The first kappa shape index (κ1) is 12.5. The van der Waals surface area contributed by atoms with Gasteiger partial charge in [0.15, 0.2) is 0 Å². The van der Waals surface area contributed by atoms with Crippen LogP contribution in [0.4, 0.5) is 0 Å². The molecule has 4 aromatic rings. The molecular weight excluding hydrogens is 323 g/mol. The summed E-state index contributed by atoms with van der Waals surface area (Å²) >= 11 is 0.270. The van der Waals surface area contributed by atoms with Crippen molar-refractivity contribution >= 4 is 45.7 Å². The number of hydrogen-bond acceptors (Lipinski definition) is 2. The van der Waals surface area contributed by atoms with E-state index in [1.165, 1.54) is 14.3 Å². The van der Waals surface area contributed by atoms with Crippen molar-refractivity contribution in [3.8, 4) is 0 Å². The molecule has 0 bridgehead atoms. The van der Waals surface area contributed by atoms with E-state index in [9.17, 15) is 0 Å². The third kappa shape index (κ3) is 2.31. The van der Waals surface area contributed by atoms with Crippen molar-refractivity contribution in [1.29, 1.82) is 0 Å². The van der Waals surface area contributed by atoms with Gasteiger partial charge in [-0.25, -0.2) is 0 Å². The van der Waals surface area contributed by atoms with Gasteiger partial charge >= 0.3 is 129 Å². The molecule has 0 saturated heterocycles. The summed E-state index contributed by atoms with van der Waals surface area (Å²) in [6.07, 6.45) is 3.67. The SMILES string of the molecule is c1ccc([Se]c2cc3cccnc3c3ncccc23)cc1. The van der Waals surface area contributed by atoms with Crippen LogP contribution in [0.2, 0.25) is 0 Å². The van der Waals surface area contributed by atoms with Gasteiger partial charge < -0.3 is 0 Å². The minimum atomic E-state index is 0.270. The van der Waals surface area contributed by atoms with Crippen LogP contribution in [-0.2, 0) is 0 Å². The van der Waals surface area contributed by atoms with Gasteiger partial charge in [0.25, 0.3) is 0 Å². The average molecular weight is 335 g/mol. The predicted octanol–water partition coefficient (Wildman–Crippen LogP) is 2.44. The summed E-state index contributed by atoms with van der Waals surface area (Å²) in [5, 5.41) is 2.38. The molecule has 0 amide bonds. The summed E-state index contributed by atoms with van der Waals surface area (Å²) < 4.78 is 2.73. The van der Waals surface area contributed by atoms with E-state index in [4.69, 9.17) is 0 Å². The van der Waals surface area contributed by atoms with Crippen molar-refractivity contribution in [2.45, 2.75) is 0 Å². The van der Waals surface area contributed by atoms with Crippen molar-refractivity contribution in [3.63, 3.8) is 0 Å². The quantitative estimate of drug-likeness (QED) is 0.415. The predicted molar refractivity (Wildman–Crippen MR) is 88.5 cm³/mol. The number of nitrogens with zero attached hydrogens (tertiary/aromatic N) is 2. The van der Waals surface area contributed by atoms with Crippen LogP contribution in [0.25, 0.3) is 21.8 Å². The average Bonchev–Trinajstić information content (AvgIpc) is 2.56. The van der Waals surface area contributed by atoms with Gasteiger partial charge in [0.2, 0.25) is 0 Å². The van der Waals surface area contributed by atoms with Crippen LogP contribution in [0.1, 0.15) is 0 Å². The Labute approximate surface area is 129 Å². The maximum atomic E-state index is 4.56. The van der Waals surface area contributed by atoms with Crippen molar-refractivity contribution < 1.29 is 0 Å². The molecular formula is C18H12N2Se. The fraction of sp³-hybridized carbons (Fsp3) is 0. The second-order valence-electron chi connectivity index (χ2n) is 4.76. The summed E-state index contributed by atoms with van der Waals surface area (Å²) in [4.78, 5) is 9.06. The van der Waals surface area contributed by atoms with Gasteiger partial charge in [0.05, 0.1) is 0 Å². The number of aromatic nitrogens is 2. The first-order chi connectivity index (χ1) is 10.4. The number of hydrogen-bond donors (Lipinski definition) is 0. The number of benzene rings is 2. The number of pyridine rings is 2. The molecule has 2 aromatic heterocycles. The molecule has 0 fully saturated rings. The molecule has 2 heterocycles. The van der Waals surface area contributed by atoms with Crippen molar-refractivity contribution in [3.05, 3.63) is 73.1 Å². The Morgan fingerprint density at radius 1 is 0.714 bits per heavy atom. The molecule has 0 N–H and O–H groups in total. The third-order valence-corrected chi connectivity index (χ3v) is 5.63. The van der Waals surface area contributed by atoms with Crippen LogP contribution in [0.5, 0.6) is 0 Å². The summed E-state index contributed by atoms with van der Waals surface area (Å²) in [5.74, 6) is 0. The van der Waals surface area contributed by atoms with Gasteiger partial charge in [-0.1, -0.05) is 0 Å². The monoisotopic (exact) mass is 336 g/mol. The molecule has 2 nitrogen and oxygen atoms in total. The van der Waals surface area contributed by atoms with E-state index >= 15 is 0 Å². The summed E-state index contributed by atoms with van der Waals surface area (Å²) in [5.41, 5.74) is 1.99. The van der Waals surface area contributed by atoms with E-state index in [0.717, 1.165) is 16.4 Å². The van der Waals surface area contributed by atoms with E-state index in [0.29, 0.717) is 0 Å². The van der Waals surface area contributed by atoms with Crippen LogP contribution in [0.3, 0.4) is 0 Å². The van der Waals surface area contributed by atoms with Crippen LogP contribution in [-0.4, -0.2) is 24.9 Å². The second-order valence-corrected chi connectivity index (χ2v) is 7.10. The van der Waals surface area contributed by atoms with Crippen molar-refractivity contribution in [1.82, 2.24) is 9.97 Å². The molecule has 0 aliphatic heterocycles. The molecule has 0 aliphatic carbocycles. The Morgan fingerprint density at radius 3 is 2.33 bits per heavy atom. The van der Waals surface area contributed by atoms with Crippen LogP contribution in [0.15, 0.2) is 73.1 Å². The van der Waals surface area contributed by atoms with Crippen molar-refractivity contribution in [2.24, 2.45) is 0 Å². The molecule has 0 atom stereocenters. The number of rotatable bonds is 2. The summed E-state index contributed by atoms with van der Waals surface area (Å²) in [6, 6.07) is 21.1. The van der Waals surface area contributed by atoms with E-state index in [2.05, 4.69) is 58.5 Å². The molecule has 2 aromatic carbocycles. The second kappa shape index (κ2) is 5.28. The Kier molecular flexibility index (Phi) is 3.15. The molecule has 0 saturated carbocycles. The Morgan fingerprint density at radius 2 is 1.48 bits per heavy atom. The molecule has 0 unspecified atom stereocenters. The zero-order chi connectivity index (χ0) is 14.1. The first-order valence-electron chi connectivity index (χ1n) is 6.77. The molecule has 4 rings (SSSR count). The van der Waals surface area contributed by atoms with Gasteiger partial charge in [-0.3, -0.25) is 0 Å². The van der Waals surface area contributed by atoms with E-state index in [-0.39, 0.29) is 15.0 Å². The Bertz CT molecular complexity index is 920. The first-order valence-corrected chi connectivity index (χ1v) is 8.48. The fourth-order valence-corrected chi connectivity index (χ4v) is 4.56. The van der Waals surface area contributed by atoms with Gasteiger partial charge in [0, 0.05) is 0 Å². The molecule has 3 heteroatoms. The van der Waals surface area contributed by atoms with Crippen molar-refractivity contribution in [2.75, 3.05) is 0 Å². The zero-order valence-electron chi connectivity index (χ0n) is 11.2. The maximum absolute atomic E-state index is 4.56. The molecule has 100 valence electrons. The van der Waals surface area contributed by atoms with E-state index < -0.39 is 0 Å². The molecule has 0 aliphatic rings. The molecule has 0 spiro atoms. The van der Waals surface area contributed by atoms with Crippen LogP contribution >= 0.6 is 0 Å². The zero-order valence-corrected chi connectivity index (χ0v) is 12.9. The van der Waals surface area contributed by atoms with Crippen LogP contribution in [0, 0.1) is 0 Å². The summed E-state index contributed by atoms with van der Waals surface area (Å²) in [6.45, 7) is 0. The number of fused-ring (bicyclic) bond motifs is 3.